The summed E-state index contributed by atoms with van der Waals surface area (Å²) in [5.41, 5.74) is 5.89. The number of sulfonamides is 1. The van der Waals surface area contributed by atoms with Gasteiger partial charge >= 0.3 is 0 Å². The molecular formula is C10H16N2O4S. The molecule has 0 aromatic heterocycles. The van der Waals surface area contributed by atoms with Gasteiger partial charge in [-0.3, -0.25) is 0 Å². The Kier molecular flexibility index (Phi) is 4.73. The van der Waals surface area contributed by atoms with Gasteiger partial charge < -0.3 is 15.6 Å². The van der Waals surface area contributed by atoms with Crippen LogP contribution in [0, 0.1) is 0 Å². The number of hydrogen-bond donors (Lipinski definition) is 3. The van der Waals surface area contributed by atoms with E-state index in [0.29, 0.717) is 12.1 Å². The van der Waals surface area contributed by atoms with Crippen LogP contribution in [0.25, 0.3) is 0 Å². The van der Waals surface area contributed by atoms with Crippen LogP contribution in [0.2, 0.25) is 0 Å². The molecule has 0 amide bonds. The number of hydrogen-bond acceptors (Lipinski definition) is 5. The van der Waals surface area contributed by atoms with Crippen molar-refractivity contribution in [2.45, 2.75) is 11.3 Å². The first-order valence-electron chi connectivity index (χ1n) is 5.08. The van der Waals surface area contributed by atoms with E-state index in [1.54, 1.807) is 6.07 Å². The first kappa shape index (κ1) is 13.8. The minimum Gasteiger partial charge on any atom is -0.492 e. The van der Waals surface area contributed by atoms with Crippen LogP contribution in [0.3, 0.4) is 0 Å². The molecule has 1 rings (SSSR count). The first-order chi connectivity index (χ1) is 8.01. The lowest BCUT2D eigenvalue weighted by molar-refractivity contribution is 0.231. The van der Waals surface area contributed by atoms with Gasteiger partial charge in [0, 0.05) is 18.7 Å². The van der Waals surface area contributed by atoms with Gasteiger partial charge in [0.1, 0.15) is 10.6 Å². The molecule has 1 aromatic rings. The van der Waals surface area contributed by atoms with Crippen LogP contribution in [0.5, 0.6) is 5.75 Å². The molecule has 0 heterocycles. The van der Waals surface area contributed by atoms with E-state index in [-0.39, 0.29) is 23.9 Å². The van der Waals surface area contributed by atoms with Crippen LogP contribution in [0.15, 0.2) is 23.1 Å². The number of anilines is 1. The maximum atomic E-state index is 11.7. The summed E-state index contributed by atoms with van der Waals surface area (Å²) in [6.07, 6.45) is 0.434. The minimum atomic E-state index is -3.61. The highest BCUT2D eigenvalue weighted by Crippen LogP contribution is 2.25. The van der Waals surface area contributed by atoms with Gasteiger partial charge in [0.15, 0.2) is 0 Å². The van der Waals surface area contributed by atoms with Gasteiger partial charge in [-0.2, -0.15) is 0 Å². The van der Waals surface area contributed by atoms with Crippen LogP contribution >= 0.6 is 0 Å². The summed E-state index contributed by atoms with van der Waals surface area (Å²) in [6, 6.07) is 4.39. The van der Waals surface area contributed by atoms with E-state index in [0.717, 1.165) is 0 Å². The van der Waals surface area contributed by atoms with Gasteiger partial charge in [-0.1, -0.05) is 0 Å². The van der Waals surface area contributed by atoms with E-state index in [1.165, 1.54) is 19.2 Å². The third-order valence-electron chi connectivity index (χ3n) is 2.09. The summed E-state index contributed by atoms with van der Waals surface area (Å²) < 4.78 is 30.9. The lowest BCUT2D eigenvalue weighted by atomic mass is 10.3. The normalized spacial score (nSPS) is 11.4. The summed E-state index contributed by atoms with van der Waals surface area (Å²) in [5, 5.41) is 8.63. The number of nitrogens with one attached hydrogen (secondary N) is 1. The number of nitrogens with two attached hydrogens (primary N) is 1. The predicted octanol–water partition coefficient (Wildman–Crippen LogP) is -0.0619. The number of benzene rings is 1. The van der Waals surface area contributed by atoms with Crippen LogP contribution in [0.4, 0.5) is 5.69 Å². The lowest BCUT2D eigenvalue weighted by Gasteiger charge is -2.11. The van der Waals surface area contributed by atoms with Crippen LogP contribution in [-0.4, -0.2) is 33.8 Å². The monoisotopic (exact) mass is 260 g/mol. The van der Waals surface area contributed by atoms with Gasteiger partial charge in [0.2, 0.25) is 10.0 Å². The van der Waals surface area contributed by atoms with Crippen molar-refractivity contribution in [2.24, 2.45) is 0 Å². The Morgan fingerprint density at radius 1 is 1.47 bits per heavy atom. The second-order valence-corrected chi connectivity index (χ2v) is 5.19. The van der Waals surface area contributed by atoms with Crippen molar-refractivity contribution in [3.63, 3.8) is 0 Å². The Balaban J connectivity index is 3.04. The van der Waals surface area contributed by atoms with Crippen molar-refractivity contribution in [3.05, 3.63) is 18.2 Å². The SMILES string of the molecule is CNS(=O)(=O)c1cc(N)ccc1OCCCO. The number of ether oxygens (including phenoxy) is 1. The second-order valence-electron chi connectivity index (χ2n) is 3.34. The standard InChI is InChI=1S/C10H16N2O4S/c1-12-17(14,15)10-7-8(11)3-4-9(10)16-6-2-5-13/h3-4,7,12-13H,2,5-6,11H2,1H3. The Hall–Kier alpha value is -1.31. The molecule has 4 N–H and O–H groups in total. The van der Waals surface area contributed by atoms with E-state index >= 15 is 0 Å². The average molecular weight is 260 g/mol. The van der Waals surface area contributed by atoms with Gasteiger partial charge in [-0.25, -0.2) is 13.1 Å². The highest BCUT2D eigenvalue weighted by atomic mass is 32.2. The molecule has 0 saturated carbocycles. The van der Waals surface area contributed by atoms with Gasteiger partial charge in [0.05, 0.1) is 6.61 Å². The van der Waals surface area contributed by atoms with Crippen molar-refractivity contribution < 1.29 is 18.3 Å². The Bertz CT molecular complexity index is 473. The van der Waals surface area contributed by atoms with Crippen molar-refractivity contribution >= 4 is 15.7 Å². The maximum absolute atomic E-state index is 11.7. The molecule has 0 aliphatic carbocycles. The zero-order chi connectivity index (χ0) is 12.9. The predicted molar refractivity (Wildman–Crippen MR) is 64.3 cm³/mol. The van der Waals surface area contributed by atoms with Crippen molar-refractivity contribution in [2.75, 3.05) is 26.0 Å². The molecule has 0 radical (unpaired) electrons. The molecule has 96 valence electrons. The molecule has 0 bridgehead atoms. The Morgan fingerprint density at radius 3 is 2.76 bits per heavy atom. The molecule has 0 atom stereocenters. The first-order valence-corrected chi connectivity index (χ1v) is 6.56. The van der Waals surface area contributed by atoms with Crippen molar-refractivity contribution in [1.29, 1.82) is 0 Å². The van der Waals surface area contributed by atoms with E-state index in [9.17, 15) is 8.42 Å². The van der Waals surface area contributed by atoms with Gasteiger partial charge in [-0.05, 0) is 25.2 Å². The molecule has 7 heteroatoms. The van der Waals surface area contributed by atoms with E-state index in [1.807, 2.05) is 0 Å². The van der Waals surface area contributed by atoms with E-state index < -0.39 is 10.0 Å². The summed E-state index contributed by atoms with van der Waals surface area (Å²) >= 11 is 0. The topological polar surface area (TPSA) is 102 Å². The lowest BCUT2D eigenvalue weighted by Crippen LogP contribution is -2.20. The van der Waals surface area contributed by atoms with Gasteiger partial charge in [-0.15, -0.1) is 0 Å². The molecule has 0 fully saturated rings. The minimum absolute atomic E-state index is 0.00191. The Morgan fingerprint density at radius 2 is 2.18 bits per heavy atom. The molecule has 0 aliphatic rings. The van der Waals surface area contributed by atoms with E-state index in [2.05, 4.69) is 4.72 Å². The molecule has 6 nitrogen and oxygen atoms in total. The molecule has 0 aliphatic heterocycles. The molecule has 0 spiro atoms. The summed E-state index contributed by atoms with van der Waals surface area (Å²) in [5.74, 6) is 0.224. The number of nitrogen functional groups attached to an aromatic ring is 1. The van der Waals surface area contributed by atoms with Crippen LogP contribution in [-0.2, 0) is 10.0 Å². The van der Waals surface area contributed by atoms with Crippen LogP contribution in [0.1, 0.15) is 6.42 Å². The van der Waals surface area contributed by atoms with Crippen molar-refractivity contribution in [3.8, 4) is 5.75 Å². The highest BCUT2D eigenvalue weighted by molar-refractivity contribution is 7.89. The highest BCUT2D eigenvalue weighted by Gasteiger charge is 2.18. The summed E-state index contributed by atoms with van der Waals surface area (Å²) in [7, 11) is -2.29. The van der Waals surface area contributed by atoms with Gasteiger partial charge in [0.25, 0.3) is 0 Å². The fourth-order valence-electron chi connectivity index (χ4n) is 1.21. The number of aliphatic hydroxyl groups is 1. The number of aliphatic hydroxyl groups excluding tert-OH is 1. The fourth-order valence-corrected chi connectivity index (χ4v) is 2.11. The zero-order valence-corrected chi connectivity index (χ0v) is 10.3. The third-order valence-corrected chi connectivity index (χ3v) is 3.52. The summed E-state index contributed by atoms with van der Waals surface area (Å²) in [6.45, 7) is 0.232. The largest absolute Gasteiger partial charge is 0.492 e. The molecule has 1 aromatic carbocycles. The third kappa shape index (κ3) is 3.58. The van der Waals surface area contributed by atoms with Crippen molar-refractivity contribution in [1.82, 2.24) is 4.72 Å². The summed E-state index contributed by atoms with van der Waals surface area (Å²) in [4.78, 5) is -0.00191. The molecule has 17 heavy (non-hydrogen) atoms. The zero-order valence-electron chi connectivity index (χ0n) is 9.51. The molecule has 0 unspecified atom stereocenters. The quantitative estimate of drug-likeness (QED) is 0.491. The van der Waals surface area contributed by atoms with E-state index in [4.69, 9.17) is 15.6 Å². The molecular weight excluding hydrogens is 244 g/mol. The average Bonchev–Trinajstić information content (AvgIpc) is 2.31. The second kappa shape index (κ2) is 5.85. The Labute approximate surface area is 100 Å². The van der Waals surface area contributed by atoms with Crippen LogP contribution < -0.4 is 15.2 Å². The fraction of sp³-hybridized carbons (Fsp3) is 0.400. The smallest absolute Gasteiger partial charge is 0.244 e. The maximum Gasteiger partial charge on any atom is 0.244 e. The number of rotatable bonds is 6. The molecule has 0 saturated heterocycles.